The Labute approximate surface area is 91.3 Å². The molecule has 0 aliphatic heterocycles. The van der Waals surface area contributed by atoms with Crippen LogP contribution in [0.3, 0.4) is 0 Å². The van der Waals surface area contributed by atoms with Crippen LogP contribution in [0.5, 0.6) is 0 Å². The molecular weight excluding hydrogens is 273 g/mol. The Balaban J connectivity index is 2.83. The second kappa shape index (κ2) is 3.44. The fourth-order valence-electron chi connectivity index (χ4n) is 1.28. The first-order valence-corrected chi connectivity index (χ1v) is 4.74. The topological polar surface area (TPSA) is 25.8 Å². The van der Waals surface area contributed by atoms with Crippen molar-refractivity contribution < 1.29 is 13.2 Å². The summed E-state index contributed by atoms with van der Waals surface area (Å²) >= 11 is 3.02. The number of rotatable bonds is 0. The molecule has 1 aromatic carbocycles. The molecule has 15 heavy (non-hydrogen) atoms. The van der Waals surface area contributed by atoms with E-state index in [2.05, 4.69) is 25.9 Å². The maximum atomic E-state index is 12.6. The van der Waals surface area contributed by atoms with Gasteiger partial charge in [0, 0.05) is 16.1 Å². The lowest BCUT2D eigenvalue weighted by Gasteiger charge is -2.09. The summed E-state index contributed by atoms with van der Waals surface area (Å²) in [5, 5.41) is 0.360. The first-order valence-electron chi connectivity index (χ1n) is 3.95. The van der Waals surface area contributed by atoms with Crippen LogP contribution in [-0.2, 0) is 6.18 Å². The summed E-state index contributed by atoms with van der Waals surface area (Å²) in [4.78, 5) is 7.31. The first-order chi connectivity index (χ1) is 6.98. The zero-order chi connectivity index (χ0) is 11.1. The third kappa shape index (κ3) is 1.94. The highest BCUT2D eigenvalue weighted by Gasteiger charge is 2.33. The molecule has 0 radical (unpaired) electrons. The first kappa shape index (κ1) is 10.4. The van der Waals surface area contributed by atoms with E-state index >= 15 is 0 Å². The lowest BCUT2D eigenvalue weighted by atomic mass is 10.1. The zero-order valence-corrected chi connectivity index (χ0v) is 8.80. The molecule has 2 rings (SSSR count). The molecule has 0 fully saturated rings. The van der Waals surface area contributed by atoms with Gasteiger partial charge < -0.3 is 0 Å². The fourth-order valence-corrected chi connectivity index (χ4v) is 1.76. The molecule has 0 aliphatic carbocycles. The molecule has 0 atom stereocenters. The van der Waals surface area contributed by atoms with Crippen molar-refractivity contribution in [1.82, 2.24) is 9.97 Å². The summed E-state index contributed by atoms with van der Waals surface area (Å²) in [6.07, 6.45) is -1.95. The van der Waals surface area contributed by atoms with E-state index in [0.29, 0.717) is 9.86 Å². The van der Waals surface area contributed by atoms with Crippen molar-refractivity contribution in [3.05, 3.63) is 34.7 Å². The van der Waals surface area contributed by atoms with E-state index in [1.165, 1.54) is 6.20 Å². The zero-order valence-electron chi connectivity index (χ0n) is 7.22. The van der Waals surface area contributed by atoms with Gasteiger partial charge in [-0.1, -0.05) is 15.9 Å². The van der Waals surface area contributed by atoms with E-state index in [1.807, 2.05) is 0 Å². The Kier molecular flexibility index (Phi) is 2.38. The Morgan fingerprint density at radius 2 is 1.93 bits per heavy atom. The fraction of sp³-hybridized carbons (Fsp3) is 0.111. The molecule has 0 bridgehead atoms. The van der Waals surface area contributed by atoms with Gasteiger partial charge in [0.05, 0.1) is 11.1 Å². The summed E-state index contributed by atoms with van der Waals surface area (Å²) in [6.45, 7) is 0. The third-order valence-corrected chi connectivity index (χ3v) is 2.33. The second-order valence-corrected chi connectivity index (χ2v) is 3.83. The van der Waals surface area contributed by atoms with Crippen LogP contribution in [-0.4, -0.2) is 9.97 Å². The van der Waals surface area contributed by atoms with Crippen LogP contribution in [0.1, 0.15) is 5.56 Å². The number of benzene rings is 1. The molecule has 0 amide bonds. The van der Waals surface area contributed by atoms with Gasteiger partial charge in [0.1, 0.15) is 6.33 Å². The molecule has 0 saturated heterocycles. The normalized spacial score (nSPS) is 12.0. The molecule has 6 heteroatoms. The smallest absolute Gasteiger partial charge is 0.244 e. The second-order valence-electron chi connectivity index (χ2n) is 2.91. The molecular formula is C9H4BrF3N2. The molecule has 2 nitrogen and oxygen atoms in total. The number of aromatic nitrogens is 2. The number of fused-ring (bicyclic) bond motifs is 1. The predicted molar refractivity (Wildman–Crippen MR) is 52.2 cm³/mol. The van der Waals surface area contributed by atoms with Gasteiger partial charge in [0.15, 0.2) is 0 Å². The highest BCUT2D eigenvalue weighted by atomic mass is 79.9. The van der Waals surface area contributed by atoms with Gasteiger partial charge in [-0.25, -0.2) is 9.97 Å². The predicted octanol–water partition coefficient (Wildman–Crippen LogP) is 3.41. The lowest BCUT2D eigenvalue weighted by molar-refractivity contribution is -0.136. The number of hydrogen-bond donors (Lipinski definition) is 0. The van der Waals surface area contributed by atoms with Gasteiger partial charge in [-0.05, 0) is 12.1 Å². The highest BCUT2D eigenvalue weighted by molar-refractivity contribution is 9.10. The van der Waals surface area contributed by atoms with Crippen molar-refractivity contribution in [2.24, 2.45) is 0 Å². The molecule has 0 aliphatic rings. The monoisotopic (exact) mass is 276 g/mol. The molecule has 0 spiro atoms. The molecule has 2 aromatic rings. The minimum absolute atomic E-state index is 0.0827. The van der Waals surface area contributed by atoms with Crippen LogP contribution in [0, 0.1) is 0 Å². The molecule has 1 aromatic heterocycles. The molecule has 0 N–H and O–H groups in total. The van der Waals surface area contributed by atoms with Gasteiger partial charge >= 0.3 is 6.18 Å². The van der Waals surface area contributed by atoms with E-state index in [9.17, 15) is 13.2 Å². The molecule has 1 heterocycles. The van der Waals surface area contributed by atoms with E-state index in [4.69, 9.17) is 0 Å². The standard InChI is InChI=1S/C9H4BrF3N2/c10-6-1-5-3-14-4-15-8(5)7(2-6)9(11,12)13/h1-4H. The summed E-state index contributed by atoms with van der Waals surface area (Å²) < 4.78 is 38.2. The molecule has 0 unspecified atom stereocenters. The quantitative estimate of drug-likeness (QED) is 0.737. The summed E-state index contributed by atoms with van der Waals surface area (Å²) in [6, 6.07) is 2.56. The van der Waals surface area contributed by atoms with Crippen LogP contribution in [0.4, 0.5) is 13.2 Å². The van der Waals surface area contributed by atoms with Crippen molar-refractivity contribution in [1.29, 1.82) is 0 Å². The SMILES string of the molecule is FC(F)(F)c1cc(Br)cc2cncnc12. The van der Waals surface area contributed by atoms with Crippen molar-refractivity contribution in [3.8, 4) is 0 Å². The van der Waals surface area contributed by atoms with Gasteiger partial charge in [0.2, 0.25) is 0 Å². The Bertz CT molecular complexity index is 510. The Hall–Kier alpha value is -1.17. The van der Waals surface area contributed by atoms with Crippen LogP contribution >= 0.6 is 15.9 Å². The summed E-state index contributed by atoms with van der Waals surface area (Å²) in [5.74, 6) is 0. The van der Waals surface area contributed by atoms with E-state index in [0.717, 1.165) is 12.4 Å². The average molecular weight is 277 g/mol. The largest absolute Gasteiger partial charge is 0.418 e. The van der Waals surface area contributed by atoms with E-state index in [1.54, 1.807) is 6.07 Å². The minimum atomic E-state index is -4.41. The lowest BCUT2D eigenvalue weighted by Crippen LogP contribution is -2.06. The summed E-state index contributed by atoms with van der Waals surface area (Å²) in [5.41, 5.74) is -0.838. The summed E-state index contributed by atoms with van der Waals surface area (Å²) in [7, 11) is 0. The van der Waals surface area contributed by atoms with Gasteiger partial charge in [-0.2, -0.15) is 13.2 Å². The minimum Gasteiger partial charge on any atom is -0.244 e. The van der Waals surface area contributed by atoms with Crippen molar-refractivity contribution in [3.63, 3.8) is 0 Å². The Morgan fingerprint density at radius 1 is 1.20 bits per heavy atom. The Morgan fingerprint density at radius 3 is 2.60 bits per heavy atom. The van der Waals surface area contributed by atoms with Crippen molar-refractivity contribution >= 4 is 26.8 Å². The number of hydrogen-bond acceptors (Lipinski definition) is 2. The molecule has 78 valence electrons. The van der Waals surface area contributed by atoms with Gasteiger partial charge in [-0.3, -0.25) is 0 Å². The number of halogens is 4. The van der Waals surface area contributed by atoms with Crippen LogP contribution in [0.2, 0.25) is 0 Å². The number of nitrogens with zero attached hydrogens (tertiary/aromatic N) is 2. The maximum Gasteiger partial charge on any atom is 0.418 e. The van der Waals surface area contributed by atoms with Crippen LogP contribution < -0.4 is 0 Å². The third-order valence-electron chi connectivity index (χ3n) is 1.88. The van der Waals surface area contributed by atoms with Gasteiger partial charge in [-0.15, -0.1) is 0 Å². The van der Waals surface area contributed by atoms with Crippen molar-refractivity contribution in [2.75, 3.05) is 0 Å². The van der Waals surface area contributed by atoms with E-state index in [-0.39, 0.29) is 5.52 Å². The van der Waals surface area contributed by atoms with Crippen molar-refractivity contribution in [2.45, 2.75) is 6.18 Å². The van der Waals surface area contributed by atoms with Gasteiger partial charge in [0.25, 0.3) is 0 Å². The van der Waals surface area contributed by atoms with E-state index < -0.39 is 11.7 Å². The maximum absolute atomic E-state index is 12.6. The highest BCUT2D eigenvalue weighted by Crippen LogP contribution is 2.35. The molecule has 0 saturated carbocycles. The average Bonchev–Trinajstić information content (AvgIpc) is 2.15. The number of alkyl halides is 3. The van der Waals surface area contributed by atoms with Crippen LogP contribution in [0.25, 0.3) is 10.9 Å². The van der Waals surface area contributed by atoms with Crippen LogP contribution in [0.15, 0.2) is 29.1 Å².